The van der Waals surface area contributed by atoms with Crippen LogP contribution >= 0.6 is 0 Å². The Morgan fingerprint density at radius 3 is 2.55 bits per heavy atom. The van der Waals surface area contributed by atoms with Crippen molar-refractivity contribution < 1.29 is 13.2 Å². The standard InChI is InChI=1S/C14H20N2O3S/c1-11-5-3-4-6-13(11)15-14(17)9-10-16(12-7-8-12)20(2,18)19/h3-6,12H,7-10H2,1-2H3,(H,15,17). The summed E-state index contributed by atoms with van der Waals surface area (Å²) in [6.45, 7) is 2.17. The maximum Gasteiger partial charge on any atom is 0.225 e. The number of sulfonamides is 1. The van der Waals surface area contributed by atoms with Crippen molar-refractivity contribution in [2.24, 2.45) is 0 Å². The first-order valence-corrected chi connectivity index (χ1v) is 8.55. The number of rotatable bonds is 6. The summed E-state index contributed by atoms with van der Waals surface area (Å²) in [6, 6.07) is 7.61. The number of carbonyl (C=O) groups excluding carboxylic acids is 1. The average molecular weight is 296 g/mol. The van der Waals surface area contributed by atoms with E-state index in [4.69, 9.17) is 0 Å². The summed E-state index contributed by atoms with van der Waals surface area (Å²) < 4.78 is 24.7. The van der Waals surface area contributed by atoms with Gasteiger partial charge >= 0.3 is 0 Å². The second-order valence-corrected chi connectivity index (χ2v) is 7.15. The smallest absolute Gasteiger partial charge is 0.225 e. The largest absolute Gasteiger partial charge is 0.326 e. The van der Waals surface area contributed by atoms with Crippen LogP contribution in [0.15, 0.2) is 24.3 Å². The highest BCUT2D eigenvalue weighted by atomic mass is 32.2. The number of amides is 1. The molecule has 1 aliphatic carbocycles. The van der Waals surface area contributed by atoms with E-state index >= 15 is 0 Å². The zero-order valence-corrected chi connectivity index (χ0v) is 12.6. The van der Waals surface area contributed by atoms with Gasteiger partial charge in [0.1, 0.15) is 0 Å². The molecule has 1 aliphatic rings. The molecule has 0 aromatic heterocycles. The molecule has 0 heterocycles. The lowest BCUT2D eigenvalue weighted by Crippen LogP contribution is -2.34. The number of para-hydroxylation sites is 1. The SMILES string of the molecule is Cc1ccccc1NC(=O)CCN(C1CC1)S(C)(=O)=O. The minimum absolute atomic E-state index is 0.0938. The van der Waals surface area contributed by atoms with Crippen molar-refractivity contribution in [2.75, 3.05) is 18.1 Å². The first kappa shape index (κ1) is 15.0. The van der Waals surface area contributed by atoms with E-state index in [1.165, 1.54) is 10.6 Å². The van der Waals surface area contributed by atoms with Crippen molar-refractivity contribution in [3.8, 4) is 0 Å². The van der Waals surface area contributed by atoms with E-state index in [2.05, 4.69) is 5.32 Å². The maximum absolute atomic E-state index is 11.9. The number of nitrogens with zero attached hydrogens (tertiary/aromatic N) is 1. The van der Waals surface area contributed by atoms with E-state index in [9.17, 15) is 13.2 Å². The molecule has 1 aromatic rings. The molecule has 20 heavy (non-hydrogen) atoms. The monoisotopic (exact) mass is 296 g/mol. The number of anilines is 1. The van der Waals surface area contributed by atoms with E-state index in [1.807, 2.05) is 31.2 Å². The van der Waals surface area contributed by atoms with Gasteiger partial charge in [0.05, 0.1) is 6.26 Å². The zero-order chi connectivity index (χ0) is 14.8. The number of hydrogen-bond acceptors (Lipinski definition) is 3. The Labute approximate surface area is 120 Å². The molecule has 1 fully saturated rings. The van der Waals surface area contributed by atoms with Crippen LogP contribution in [-0.2, 0) is 14.8 Å². The molecular weight excluding hydrogens is 276 g/mol. The average Bonchev–Trinajstić information content (AvgIpc) is 3.15. The van der Waals surface area contributed by atoms with Gasteiger partial charge < -0.3 is 5.32 Å². The third-order valence-electron chi connectivity index (χ3n) is 3.36. The van der Waals surface area contributed by atoms with Crippen LogP contribution in [0.4, 0.5) is 5.69 Å². The molecule has 0 unspecified atom stereocenters. The molecule has 0 bridgehead atoms. The molecule has 0 spiro atoms. The lowest BCUT2D eigenvalue weighted by molar-refractivity contribution is -0.116. The van der Waals surface area contributed by atoms with Gasteiger partial charge in [0.25, 0.3) is 0 Å². The van der Waals surface area contributed by atoms with Crippen molar-refractivity contribution in [1.82, 2.24) is 4.31 Å². The minimum atomic E-state index is -3.23. The number of benzene rings is 1. The highest BCUT2D eigenvalue weighted by molar-refractivity contribution is 7.88. The molecule has 1 saturated carbocycles. The van der Waals surface area contributed by atoms with Gasteiger partial charge in [0, 0.05) is 24.7 Å². The highest BCUT2D eigenvalue weighted by Crippen LogP contribution is 2.28. The fourth-order valence-electron chi connectivity index (χ4n) is 2.12. The van der Waals surface area contributed by atoms with Gasteiger partial charge in [-0.15, -0.1) is 0 Å². The van der Waals surface area contributed by atoms with Crippen LogP contribution in [0, 0.1) is 6.92 Å². The van der Waals surface area contributed by atoms with Crippen molar-refractivity contribution in [2.45, 2.75) is 32.2 Å². The first-order chi connectivity index (χ1) is 9.38. The molecule has 0 atom stereocenters. The van der Waals surface area contributed by atoms with Crippen molar-refractivity contribution in [1.29, 1.82) is 0 Å². The van der Waals surface area contributed by atoms with E-state index in [0.717, 1.165) is 24.1 Å². The molecule has 1 N–H and O–H groups in total. The predicted octanol–water partition coefficient (Wildman–Crippen LogP) is 1.75. The molecule has 1 amide bonds. The summed E-state index contributed by atoms with van der Waals surface area (Å²) in [5, 5.41) is 2.82. The third kappa shape index (κ3) is 4.05. The second kappa shape index (κ2) is 5.93. The van der Waals surface area contributed by atoms with Gasteiger partial charge in [0.15, 0.2) is 0 Å². The molecule has 0 aliphatic heterocycles. The van der Waals surface area contributed by atoms with Gasteiger partial charge in [-0.3, -0.25) is 4.79 Å². The van der Waals surface area contributed by atoms with Crippen molar-refractivity contribution in [3.05, 3.63) is 29.8 Å². The number of hydrogen-bond donors (Lipinski definition) is 1. The molecule has 0 saturated heterocycles. The fraction of sp³-hybridized carbons (Fsp3) is 0.500. The van der Waals surface area contributed by atoms with Crippen LogP contribution in [0.2, 0.25) is 0 Å². The Bertz CT molecular complexity index is 594. The maximum atomic E-state index is 11.9. The van der Waals surface area contributed by atoms with Gasteiger partial charge in [-0.05, 0) is 31.4 Å². The molecule has 2 rings (SSSR count). The Morgan fingerprint density at radius 2 is 2.00 bits per heavy atom. The van der Waals surface area contributed by atoms with E-state index in [1.54, 1.807) is 0 Å². The number of carbonyl (C=O) groups is 1. The summed E-state index contributed by atoms with van der Waals surface area (Å²) in [5.74, 6) is -0.159. The molecule has 0 radical (unpaired) electrons. The van der Waals surface area contributed by atoms with Crippen LogP contribution in [-0.4, -0.2) is 37.5 Å². The van der Waals surface area contributed by atoms with Gasteiger partial charge in [-0.25, -0.2) is 8.42 Å². The Kier molecular flexibility index (Phi) is 4.45. The Balaban J connectivity index is 1.90. The molecule has 5 nitrogen and oxygen atoms in total. The van der Waals surface area contributed by atoms with Crippen LogP contribution in [0.25, 0.3) is 0 Å². The summed E-state index contributed by atoms with van der Waals surface area (Å²) in [4.78, 5) is 11.9. The number of aryl methyl sites for hydroxylation is 1. The normalized spacial score (nSPS) is 15.3. The zero-order valence-electron chi connectivity index (χ0n) is 11.8. The van der Waals surface area contributed by atoms with E-state index in [0.29, 0.717) is 0 Å². The van der Waals surface area contributed by atoms with Crippen LogP contribution in [0.5, 0.6) is 0 Å². The summed E-state index contributed by atoms with van der Waals surface area (Å²) >= 11 is 0. The highest BCUT2D eigenvalue weighted by Gasteiger charge is 2.34. The third-order valence-corrected chi connectivity index (χ3v) is 4.69. The minimum Gasteiger partial charge on any atom is -0.326 e. The summed E-state index contributed by atoms with van der Waals surface area (Å²) in [7, 11) is -3.23. The molecular formula is C14H20N2O3S. The topological polar surface area (TPSA) is 66.5 Å². The van der Waals surface area contributed by atoms with Crippen molar-refractivity contribution in [3.63, 3.8) is 0 Å². The number of nitrogens with one attached hydrogen (secondary N) is 1. The van der Waals surface area contributed by atoms with E-state index in [-0.39, 0.29) is 24.9 Å². The van der Waals surface area contributed by atoms with Gasteiger partial charge in [-0.1, -0.05) is 18.2 Å². The Morgan fingerprint density at radius 1 is 1.35 bits per heavy atom. The van der Waals surface area contributed by atoms with Gasteiger partial charge in [0.2, 0.25) is 15.9 Å². The van der Waals surface area contributed by atoms with Gasteiger partial charge in [-0.2, -0.15) is 4.31 Å². The lowest BCUT2D eigenvalue weighted by atomic mass is 10.2. The van der Waals surface area contributed by atoms with Crippen LogP contribution < -0.4 is 5.32 Å². The van der Waals surface area contributed by atoms with Crippen LogP contribution in [0.1, 0.15) is 24.8 Å². The molecule has 110 valence electrons. The second-order valence-electron chi connectivity index (χ2n) is 5.22. The fourth-order valence-corrected chi connectivity index (χ4v) is 3.29. The van der Waals surface area contributed by atoms with Crippen molar-refractivity contribution >= 4 is 21.6 Å². The molecule has 1 aromatic carbocycles. The summed E-state index contributed by atoms with van der Waals surface area (Å²) in [5.41, 5.74) is 1.76. The van der Waals surface area contributed by atoms with E-state index < -0.39 is 10.0 Å². The lowest BCUT2D eigenvalue weighted by Gasteiger charge is -2.19. The van der Waals surface area contributed by atoms with Crippen LogP contribution in [0.3, 0.4) is 0 Å². The first-order valence-electron chi connectivity index (χ1n) is 6.70. The molecule has 6 heteroatoms. The quantitative estimate of drug-likeness (QED) is 0.869. The summed E-state index contributed by atoms with van der Waals surface area (Å²) in [6.07, 6.45) is 3.17. The Hall–Kier alpha value is -1.40. The predicted molar refractivity (Wildman–Crippen MR) is 79.0 cm³/mol.